The van der Waals surface area contributed by atoms with Crippen molar-refractivity contribution in [1.82, 2.24) is 14.8 Å². The molecule has 2 heterocycles. The van der Waals surface area contributed by atoms with E-state index in [4.69, 9.17) is 4.42 Å². The van der Waals surface area contributed by atoms with Gasteiger partial charge in [-0.05, 0) is 36.5 Å². The van der Waals surface area contributed by atoms with E-state index in [2.05, 4.69) is 5.32 Å². The molecule has 1 atom stereocenters. The minimum Gasteiger partial charge on any atom is -0.408 e. The standard InChI is InChI=1S/C21H18N4O6/c26-18-21(9-8-13-4-1-2-5-15(13)21)22-19(27)24(18)11-3-10-23-16-12-14(25(29)30)6-7-17(16)31-20(23)28/h1-2,4-7,12H,3,8-11H2,(H,22,27). The number of rotatable bonds is 5. The molecule has 10 heteroatoms. The van der Waals surface area contributed by atoms with Gasteiger partial charge >= 0.3 is 11.8 Å². The SMILES string of the molecule is O=C1NC2(CCc3ccccc32)C(=O)N1CCCn1c(=O)oc2ccc([N+](=O)[O-])cc21. The van der Waals surface area contributed by atoms with Crippen LogP contribution in [0.1, 0.15) is 24.0 Å². The van der Waals surface area contributed by atoms with Crippen LogP contribution in [0.15, 0.2) is 51.7 Å². The number of nitro benzene ring substituents is 1. The Balaban J connectivity index is 1.35. The highest BCUT2D eigenvalue weighted by Gasteiger charge is 2.54. The molecule has 1 saturated heterocycles. The molecule has 31 heavy (non-hydrogen) atoms. The van der Waals surface area contributed by atoms with Gasteiger partial charge in [-0.15, -0.1) is 0 Å². The van der Waals surface area contributed by atoms with Crippen molar-refractivity contribution < 1.29 is 18.9 Å². The van der Waals surface area contributed by atoms with Crippen molar-refractivity contribution in [2.45, 2.75) is 31.3 Å². The fourth-order valence-corrected chi connectivity index (χ4v) is 4.56. The second-order valence-electron chi connectivity index (χ2n) is 7.73. The summed E-state index contributed by atoms with van der Waals surface area (Å²) < 4.78 is 6.42. The van der Waals surface area contributed by atoms with Gasteiger partial charge in [0.25, 0.3) is 11.6 Å². The zero-order valence-electron chi connectivity index (χ0n) is 16.4. The number of hydrogen-bond donors (Lipinski definition) is 1. The third-order valence-electron chi connectivity index (χ3n) is 6.05. The first-order valence-corrected chi connectivity index (χ1v) is 9.91. The number of aromatic nitrogens is 1. The van der Waals surface area contributed by atoms with Gasteiger partial charge in [-0.25, -0.2) is 9.59 Å². The molecule has 1 aliphatic heterocycles. The summed E-state index contributed by atoms with van der Waals surface area (Å²) in [4.78, 5) is 49.6. The van der Waals surface area contributed by atoms with E-state index in [9.17, 15) is 24.5 Å². The average Bonchev–Trinajstić information content (AvgIpc) is 3.36. The first kappa shape index (κ1) is 19.0. The van der Waals surface area contributed by atoms with Crippen LogP contribution in [0.3, 0.4) is 0 Å². The zero-order valence-corrected chi connectivity index (χ0v) is 16.4. The van der Waals surface area contributed by atoms with Gasteiger partial charge in [-0.3, -0.25) is 24.4 Å². The topological polar surface area (TPSA) is 128 Å². The number of carbonyl (C=O) groups is 2. The molecule has 1 aliphatic carbocycles. The van der Waals surface area contributed by atoms with Crippen LogP contribution >= 0.6 is 0 Å². The molecule has 0 bridgehead atoms. The molecule has 3 aromatic rings. The molecule has 1 fully saturated rings. The Hall–Kier alpha value is -3.95. The highest BCUT2D eigenvalue weighted by molar-refractivity contribution is 6.08. The lowest BCUT2D eigenvalue weighted by molar-refractivity contribution is -0.384. The molecule has 1 unspecified atom stereocenters. The summed E-state index contributed by atoms with van der Waals surface area (Å²) in [6, 6.07) is 11.1. The Morgan fingerprint density at radius 2 is 1.94 bits per heavy atom. The summed E-state index contributed by atoms with van der Waals surface area (Å²) in [5.74, 6) is -0.934. The number of hydrogen-bond acceptors (Lipinski definition) is 6. The number of urea groups is 1. The summed E-state index contributed by atoms with van der Waals surface area (Å²) in [5, 5.41) is 13.9. The summed E-state index contributed by atoms with van der Waals surface area (Å²) >= 11 is 0. The number of non-ortho nitro benzene ring substituents is 1. The predicted octanol–water partition coefficient (Wildman–Crippen LogP) is 2.29. The molecule has 3 amide bonds. The van der Waals surface area contributed by atoms with Gasteiger partial charge in [0.05, 0.1) is 10.4 Å². The molecule has 158 valence electrons. The zero-order chi connectivity index (χ0) is 21.8. The number of benzene rings is 2. The number of oxazole rings is 1. The van der Waals surface area contributed by atoms with Crippen LogP contribution in [0.2, 0.25) is 0 Å². The summed E-state index contributed by atoms with van der Waals surface area (Å²) in [7, 11) is 0. The van der Waals surface area contributed by atoms with Gasteiger partial charge in [-0.2, -0.15) is 0 Å². The number of nitrogens with one attached hydrogen (secondary N) is 1. The number of imide groups is 1. The molecule has 0 radical (unpaired) electrons. The van der Waals surface area contributed by atoms with E-state index in [-0.39, 0.29) is 30.3 Å². The van der Waals surface area contributed by atoms with Crippen LogP contribution < -0.4 is 11.1 Å². The van der Waals surface area contributed by atoms with E-state index in [1.807, 2.05) is 24.3 Å². The van der Waals surface area contributed by atoms with Gasteiger partial charge in [0.2, 0.25) is 0 Å². The van der Waals surface area contributed by atoms with E-state index in [1.54, 1.807) is 0 Å². The summed E-state index contributed by atoms with van der Waals surface area (Å²) in [6.07, 6.45) is 1.53. The molecule has 2 aliphatic rings. The number of nitro groups is 1. The van der Waals surface area contributed by atoms with Crippen molar-refractivity contribution in [3.05, 3.63) is 74.3 Å². The first-order chi connectivity index (χ1) is 14.9. The van der Waals surface area contributed by atoms with Crippen molar-refractivity contribution in [3.8, 4) is 0 Å². The van der Waals surface area contributed by atoms with Gasteiger partial charge in [0.1, 0.15) is 5.54 Å². The predicted molar refractivity (Wildman–Crippen MR) is 108 cm³/mol. The lowest BCUT2D eigenvalue weighted by Crippen LogP contribution is -2.42. The molecular formula is C21H18N4O6. The van der Waals surface area contributed by atoms with Crippen LogP contribution in [0.4, 0.5) is 10.5 Å². The Kier molecular flexibility index (Phi) is 4.17. The van der Waals surface area contributed by atoms with E-state index >= 15 is 0 Å². The van der Waals surface area contributed by atoms with Gasteiger partial charge in [0, 0.05) is 25.2 Å². The Bertz CT molecular complexity index is 1310. The van der Waals surface area contributed by atoms with E-state index in [1.165, 1.54) is 27.7 Å². The van der Waals surface area contributed by atoms with Crippen molar-refractivity contribution in [3.63, 3.8) is 0 Å². The number of fused-ring (bicyclic) bond motifs is 3. The van der Waals surface area contributed by atoms with Crippen LogP contribution in [-0.2, 0) is 23.3 Å². The molecule has 5 rings (SSSR count). The minimum absolute atomic E-state index is 0.114. The minimum atomic E-state index is -1.02. The highest BCUT2D eigenvalue weighted by Crippen LogP contribution is 2.41. The molecule has 1 spiro atoms. The van der Waals surface area contributed by atoms with Crippen LogP contribution in [0, 0.1) is 10.1 Å². The maximum absolute atomic E-state index is 13.2. The average molecular weight is 422 g/mol. The van der Waals surface area contributed by atoms with E-state index < -0.39 is 22.2 Å². The fraction of sp³-hybridized carbons (Fsp3) is 0.286. The quantitative estimate of drug-likeness (QED) is 0.382. The molecule has 10 nitrogen and oxygen atoms in total. The highest BCUT2D eigenvalue weighted by atomic mass is 16.6. The third-order valence-corrected chi connectivity index (χ3v) is 6.05. The first-order valence-electron chi connectivity index (χ1n) is 9.91. The normalized spacial score (nSPS) is 19.9. The molecule has 1 N–H and O–H groups in total. The second kappa shape index (κ2) is 6.79. The third kappa shape index (κ3) is 2.82. The van der Waals surface area contributed by atoms with Crippen molar-refractivity contribution in [2.24, 2.45) is 0 Å². The maximum Gasteiger partial charge on any atom is 0.419 e. The number of amides is 3. The van der Waals surface area contributed by atoms with E-state index in [0.717, 1.165) is 11.1 Å². The number of aryl methyl sites for hydroxylation is 2. The molecule has 2 aromatic carbocycles. The van der Waals surface area contributed by atoms with Crippen molar-refractivity contribution in [2.75, 3.05) is 6.54 Å². The van der Waals surface area contributed by atoms with Crippen molar-refractivity contribution >= 4 is 28.7 Å². The molecule has 0 saturated carbocycles. The lowest BCUT2D eigenvalue weighted by atomic mass is 9.92. The largest absolute Gasteiger partial charge is 0.419 e. The van der Waals surface area contributed by atoms with Crippen LogP contribution in [-0.4, -0.2) is 32.9 Å². The fourth-order valence-electron chi connectivity index (χ4n) is 4.56. The monoisotopic (exact) mass is 422 g/mol. The molecule has 1 aromatic heterocycles. The summed E-state index contributed by atoms with van der Waals surface area (Å²) in [6.45, 7) is 0.260. The molecular weight excluding hydrogens is 404 g/mol. The smallest absolute Gasteiger partial charge is 0.408 e. The van der Waals surface area contributed by atoms with Crippen LogP contribution in [0.5, 0.6) is 0 Å². The van der Waals surface area contributed by atoms with Gasteiger partial charge < -0.3 is 9.73 Å². The number of nitrogens with zero attached hydrogens (tertiary/aromatic N) is 3. The number of carbonyl (C=O) groups excluding carboxylic acids is 2. The lowest BCUT2D eigenvalue weighted by Gasteiger charge is -2.22. The van der Waals surface area contributed by atoms with Crippen LogP contribution in [0.25, 0.3) is 11.1 Å². The Morgan fingerprint density at radius 1 is 1.13 bits per heavy atom. The van der Waals surface area contributed by atoms with E-state index in [0.29, 0.717) is 24.8 Å². The Morgan fingerprint density at radius 3 is 2.74 bits per heavy atom. The Labute approximate surface area is 175 Å². The maximum atomic E-state index is 13.2. The van der Waals surface area contributed by atoms with Crippen molar-refractivity contribution in [1.29, 1.82) is 0 Å². The van der Waals surface area contributed by atoms with Gasteiger partial charge in [-0.1, -0.05) is 24.3 Å². The van der Waals surface area contributed by atoms with Gasteiger partial charge in [0.15, 0.2) is 5.58 Å². The second-order valence-corrected chi connectivity index (χ2v) is 7.73. The summed E-state index contributed by atoms with van der Waals surface area (Å²) in [5.41, 5.74) is 1.26.